The number of hydrogen-bond donors (Lipinski definition) is 3. The van der Waals surface area contributed by atoms with Crippen LogP contribution in [0.5, 0.6) is 5.88 Å². The van der Waals surface area contributed by atoms with Gasteiger partial charge >= 0.3 is 0 Å². The lowest BCUT2D eigenvalue weighted by Gasteiger charge is -2.28. The van der Waals surface area contributed by atoms with Crippen LogP contribution < -0.4 is 21.5 Å². The molecule has 4 rings (SSSR count). The first kappa shape index (κ1) is 19.6. The highest BCUT2D eigenvalue weighted by Crippen LogP contribution is 2.33. The maximum absolute atomic E-state index is 12.9. The molecule has 9 heteroatoms. The largest absolute Gasteiger partial charge is 0.475 e. The molecule has 0 radical (unpaired) electrons. The Kier molecular flexibility index (Phi) is 5.18. The molecule has 9 nitrogen and oxygen atoms in total. The van der Waals surface area contributed by atoms with E-state index in [2.05, 4.69) is 25.3 Å². The van der Waals surface area contributed by atoms with E-state index in [1.807, 2.05) is 38.1 Å². The van der Waals surface area contributed by atoms with E-state index in [0.29, 0.717) is 42.1 Å². The van der Waals surface area contributed by atoms with Crippen LogP contribution in [-0.2, 0) is 12.8 Å². The zero-order chi connectivity index (χ0) is 21.3. The number of rotatable bonds is 5. The van der Waals surface area contributed by atoms with Crippen LogP contribution in [0.1, 0.15) is 47.2 Å². The smallest absolute Gasteiger partial charge is 0.257 e. The molecule has 3 heterocycles. The lowest BCUT2D eigenvalue weighted by Crippen LogP contribution is -2.37. The molecule has 154 valence electrons. The molecule has 2 aromatic heterocycles. The van der Waals surface area contributed by atoms with Crippen molar-refractivity contribution in [3.63, 3.8) is 0 Å². The molecule has 5 N–H and O–H groups in total. The van der Waals surface area contributed by atoms with Gasteiger partial charge in [0, 0.05) is 12.0 Å². The molecular weight excluding hydrogens is 382 g/mol. The average Bonchev–Trinajstić information content (AvgIpc) is 2.74. The molecule has 0 saturated carbocycles. The van der Waals surface area contributed by atoms with Gasteiger partial charge in [0.15, 0.2) is 5.82 Å². The van der Waals surface area contributed by atoms with Crippen LogP contribution in [0.2, 0.25) is 0 Å². The molecule has 0 spiro atoms. The minimum absolute atomic E-state index is 0.179. The number of amides is 1. The Morgan fingerprint density at radius 1 is 1.17 bits per heavy atom. The second-order valence-corrected chi connectivity index (χ2v) is 6.90. The Morgan fingerprint density at radius 3 is 2.73 bits per heavy atom. The molecule has 30 heavy (non-hydrogen) atoms. The van der Waals surface area contributed by atoms with Gasteiger partial charge in [-0.25, -0.2) is 19.9 Å². The zero-order valence-electron chi connectivity index (χ0n) is 16.8. The lowest BCUT2D eigenvalue weighted by atomic mass is 9.90. The van der Waals surface area contributed by atoms with Crippen molar-refractivity contribution < 1.29 is 9.53 Å². The molecule has 1 amide bonds. The van der Waals surface area contributed by atoms with Crippen molar-refractivity contribution >= 4 is 17.7 Å². The van der Waals surface area contributed by atoms with Crippen molar-refractivity contribution in [1.29, 1.82) is 0 Å². The van der Waals surface area contributed by atoms with Crippen LogP contribution in [0, 0.1) is 0 Å². The van der Waals surface area contributed by atoms with Gasteiger partial charge in [-0.15, -0.1) is 0 Å². The van der Waals surface area contributed by atoms with Gasteiger partial charge in [0.2, 0.25) is 5.95 Å². The predicted molar refractivity (Wildman–Crippen MR) is 113 cm³/mol. The van der Waals surface area contributed by atoms with Gasteiger partial charge in [0.05, 0.1) is 41.5 Å². The van der Waals surface area contributed by atoms with Crippen molar-refractivity contribution in [3.05, 3.63) is 53.0 Å². The minimum Gasteiger partial charge on any atom is -0.475 e. The molecule has 1 aliphatic heterocycles. The maximum Gasteiger partial charge on any atom is 0.257 e. The number of nitrogens with two attached hydrogens (primary N) is 2. The number of ether oxygens (including phenoxy) is 1. The Hall–Kier alpha value is -3.75. The Labute approximate surface area is 173 Å². The molecule has 0 fully saturated rings. The normalized spacial score (nSPS) is 15.4. The van der Waals surface area contributed by atoms with E-state index in [1.54, 1.807) is 6.20 Å². The second-order valence-electron chi connectivity index (χ2n) is 6.90. The number of carbonyl (C=O) groups is 1. The van der Waals surface area contributed by atoms with Crippen molar-refractivity contribution in [2.45, 2.75) is 32.7 Å². The lowest BCUT2D eigenvalue weighted by molar-refractivity contribution is 0.0922. The predicted octanol–water partition coefficient (Wildman–Crippen LogP) is 2.09. The minimum atomic E-state index is -0.296. The molecule has 0 unspecified atom stereocenters. The number of anilines is 2. The highest BCUT2D eigenvalue weighted by molar-refractivity contribution is 5.98. The fraction of sp³-hybridized carbons (Fsp3) is 0.286. The maximum atomic E-state index is 12.9. The number of hydrogen-bond acceptors (Lipinski definition) is 8. The topological polar surface area (TPSA) is 142 Å². The summed E-state index contributed by atoms with van der Waals surface area (Å²) in [6.45, 7) is 4.22. The Morgan fingerprint density at radius 2 is 1.97 bits per heavy atom. The Balaban J connectivity index is 1.76. The SMILES string of the molecule is CCOc1nc(-c2ccccc2[C@H]2Cc3nc(N)nc(CC)c3C(=O)N2)cnc1N. The number of aromatic nitrogens is 4. The van der Waals surface area contributed by atoms with Crippen molar-refractivity contribution in [2.75, 3.05) is 18.1 Å². The summed E-state index contributed by atoms with van der Waals surface area (Å²) in [5.74, 6) is 0.498. The summed E-state index contributed by atoms with van der Waals surface area (Å²) >= 11 is 0. The van der Waals surface area contributed by atoms with E-state index in [4.69, 9.17) is 16.2 Å². The molecule has 1 aromatic carbocycles. The molecule has 0 aliphatic carbocycles. The van der Waals surface area contributed by atoms with Gasteiger partial charge in [-0.2, -0.15) is 0 Å². The van der Waals surface area contributed by atoms with Crippen LogP contribution in [-0.4, -0.2) is 32.4 Å². The number of benzene rings is 1. The van der Waals surface area contributed by atoms with E-state index in [1.165, 1.54) is 0 Å². The summed E-state index contributed by atoms with van der Waals surface area (Å²) < 4.78 is 5.49. The quantitative estimate of drug-likeness (QED) is 0.586. The standard InChI is InChI=1S/C21H23N7O2/c1-3-13-17-15(28-21(23)27-13)9-14(25-19(17)29)11-7-5-6-8-12(11)16-10-24-18(22)20(26-16)30-4-2/h5-8,10,14H,3-4,9H2,1-2H3,(H2,22,24)(H,25,29)(H2,23,27,28)/t14-/m1/s1. The first-order valence-electron chi connectivity index (χ1n) is 9.82. The number of carbonyl (C=O) groups excluding carboxylic acids is 1. The van der Waals surface area contributed by atoms with Crippen LogP contribution >= 0.6 is 0 Å². The van der Waals surface area contributed by atoms with E-state index >= 15 is 0 Å². The fourth-order valence-corrected chi connectivity index (χ4v) is 3.70. The molecule has 1 atom stereocenters. The van der Waals surface area contributed by atoms with Gasteiger partial charge in [0.1, 0.15) is 0 Å². The number of nitrogen functional groups attached to an aromatic ring is 2. The molecule has 1 aliphatic rings. The summed E-state index contributed by atoms with van der Waals surface area (Å²) in [7, 11) is 0. The summed E-state index contributed by atoms with van der Waals surface area (Å²) in [5, 5.41) is 3.08. The van der Waals surface area contributed by atoms with Crippen LogP contribution in [0.25, 0.3) is 11.3 Å². The summed E-state index contributed by atoms with van der Waals surface area (Å²) in [6.07, 6.45) is 2.70. The first-order chi connectivity index (χ1) is 14.5. The number of fused-ring (bicyclic) bond motifs is 1. The van der Waals surface area contributed by atoms with Gasteiger partial charge in [-0.1, -0.05) is 31.2 Å². The Bertz CT molecular complexity index is 1120. The molecule has 0 bridgehead atoms. The molecule has 0 saturated heterocycles. The average molecular weight is 405 g/mol. The number of nitrogens with one attached hydrogen (secondary N) is 1. The number of aryl methyl sites for hydroxylation is 1. The van der Waals surface area contributed by atoms with Crippen LogP contribution in [0.15, 0.2) is 30.5 Å². The van der Waals surface area contributed by atoms with Crippen molar-refractivity contribution in [1.82, 2.24) is 25.3 Å². The van der Waals surface area contributed by atoms with E-state index in [0.717, 1.165) is 11.1 Å². The van der Waals surface area contributed by atoms with Gasteiger partial charge in [-0.05, 0) is 18.9 Å². The molecule has 3 aromatic rings. The first-order valence-corrected chi connectivity index (χ1v) is 9.82. The van der Waals surface area contributed by atoms with Gasteiger partial charge in [-0.3, -0.25) is 4.79 Å². The highest BCUT2D eigenvalue weighted by atomic mass is 16.5. The molecular formula is C21H23N7O2. The second kappa shape index (κ2) is 7.94. The summed E-state index contributed by atoms with van der Waals surface area (Å²) in [5.41, 5.74) is 15.9. The third-order valence-electron chi connectivity index (χ3n) is 5.00. The zero-order valence-corrected chi connectivity index (χ0v) is 16.8. The fourth-order valence-electron chi connectivity index (χ4n) is 3.70. The highest BCUT2D eigenvalue weighted by Gasteiger charge is 2.31. The summed E-state index contributed by atoms with van der Waals surface area (Å²) in [6, 6.07) is 7.41. The van der Waals surface area contributed by atoms with Gasteiger partial charge in [0.25, 0.3) is 11.8 Å². The van der Waals surface area contributed by atoms with Gasteiger partial charge < -0.3 is 21.5 Å². The third kappa shape index (κ3) is 3.49. The monoisotopic (exact) mass is 405 g/mol. The summed E-state index contributed by atoms with van der Waals surface area (Å²) in [4.78, 5) is 30.2. The van der Waals surface area contributed by atoms with E-state index in [-0.39, 0.29) is 29.6 Å². The number of nitrogens with zero attached hydrogens (tertiary/aromatic N) is 4. The van der Waals surface area contributed by atoms with Crippen LogP contribution in [0.3, 0.4) is 0 Å². The van der Waals surface area contributed by atoms with E-state index in [9.17, 15) is 4.79 Å². The van der Waals surface area contributed by atoms with Crippen LogP contribution in [0.4, 0.5) is 11.8 Å². The van der Waals surface area contributed by atoms with Crippen molar-refractivity contribution in [3.8, 4) is 17.1 Å². The third-order valence-corrected chi connectivity index (χ3v) is 5.00. The van der Waals surface area contributed by atoms with Crippen molar-refractivity contribution in [2.24, 2.45) is 0 Å². The van der Waals surface area contributed by atoms with E-state index < -0.39 is 0 Å².